The number of hydrogen-bond donors (Lipinski definition) is 1. The predicted octanol–water partition coefficient (Wildman–Crippen LogP) is -9.10. The Bertz CT molecular complexity index is 337. The van der Waals surface area contributed by atoms with Gasteiger partial charge in [0.05, 0.1) is 18.1 Å². The van der Waals surface area contributed by atoms with Crippen LogP contribution < -0.4 is 74.6 Å². The molecule has 18 heavy (non-hydrogen) atoms. The second kappa shape index (κ2) is 13.3. The number of carbonyl (C=O) groups is 2. The molecular weight excluding hydrogens is 260 g/mol. The molecule has 0 saturated carbocycles. The van der Waals surface area contributed by atoms with E-state index < -0.39 is 30.3 Å². The quantitative estimate of drug-likeness (QED) is 0.452. The number of rotatable bonds is 7. The molecule has 0 aromatic rings. The predicted molar refractivity (Wildman–Crippen MR) is 45.8 cm³/mol. The Hall–Kier alpha value is -0.120. The van der Waals surface area contributed by atoms with Gasteiger partial charge in [-0.3, -0.25) is 0 Å². The number of hydrogen-bond acceptors (Lipinski definition) is 7. The van der Waals surface area contributed by atoms with Gasteiger partial charge in [0.15, 0.2) is 0 Å². The molecule has 0 unspecified atom stereocenters. The summed E-state index contributed by atoms with van der Waals surface area (Å²) in [4.78, 5) is 20.7. The molecule has 0 aromatic carbocycles. The average molecular weight is 269 g/mol. The molecule has 0 aliphatic carbocycles. The largest absolute Gasteiger partial charge is 1.00 e. The van der Waals surface area contributed by atoms with Crippen molar-refractivity contribution in [1.29, 1.82) is 10.5 Å². The van der Waals surface area contributed by atoms with Crippen LogP contribution in [-0.4, -0.2) is 24.5 Å². The van der Waals surface area contributed by atoms with E-state index in [-0.39, 0.29) is 72.1 Å². The molecule has 0 amide bonds. The van der Waals surface area contributed by atoms with Gasteiger partial charge >= 0.3 is 59.1 Å². The Morgan fingerprint density at radius 2 is 1.67 bits per heavy atom. The molecule has 0 aliphatic heterocycles. The zero-order valence-corrected chi connectivity index (χ0v) is 14.3. The van der Waals surface area contributed by atoms with Crippen molar-refractivity contribution < 1.29 is 78.9 Å². The van der Waals surface area contributed by atoms with Gasteiger partial charge < -0.3 is 25.1 Å². The van der Waals surface area contributed by atoms with E-state index in [9.17, 15) is 19.8 Å². The minimum Gasteiger partial charge on any atom is -0.550 e. The SMILES string of the molecule is N#CC(C#N)CN[C@@H](CCC(=O)[O-])C(=O)[O-].[Na+].[Na+]. The first kappa shape index (κ1) is 23.0. The summed E-state index contributed by atoms with van der Waals surface area (Å²) >= 11 is 0. The summed E-state index contributed by atoms with van der Waals surface area (Å²) in [5, 5.41) is 39.9. The van der Waals surface area contributed by atoms with Crippen LogP contribution in [-0.2, 0) is 9.59 Å². The fraction of sp³-hybridized carbons (Fsp3) is 0.556. The molecule has 9 heteroatoms. The van der Waals surface area contributed by atoms with E-state index in [2.05, 4.69) is 5.32 Å². The molecule has 86 valence electrons. The van der Waals surface area contributed by atoms with Crippen LogP contribution in [0.4, 0.5) is 0 Å². The van der Waals surface area contributed by atoms with Gasteiger partial charge in [-0.1, -0.05) is 0 Å². The number of nitrogens with one attached hydrogen (secondary N) is 1. The van der Waals surface area contributed by atoms with E-state index >= 15 is 0 Å². The van der Waals surface area contributed by atoms with Crippen molar-refractivity contribution in [3.63, 3.8) is 0 Å². The van der Waals surface area contributed by atoms with Crippen molar-refractivity contribution in [2.24, 2.45) is 5.92 Å². The van der Waals surface area contributed by atoms with E-state index in [0.717, 1.165) is 0 Å². The smallest absolute Gasteiger partial charge is 0.550 e. The van der Waals surface area contributed by atoms with Crippen LogP contribution in [0, 0.1) is 28.6 Å². The van der Waals surface area contributed by atoms with E-state index in [4.69, 9.17) is 10.5 Å². The Morgan fingerprint density at radius 3 is 2.00 bits per heavy atom. The summed E-state index contributed by atoms with van der Waals surface area (Å²) in [6, 6.07) is 2.08. The molecule has 0 heterocycles. The Morgan fingerprint density at radius 1 is 1.17 bits per heavy atom. The zero-order valence-electron chi connectivity index (χ0n) is 10.3. The molecular formula is C9H9N3Na2O4. The maximum Gasteiger partial charge on any atom is 1.00 e. The normalized spacial score (nSPS) is 10.2. The van der Waals surface area contributed by atoms with Crippen molar-refractivity contribution in [2.45, 2.75) is 18.9 Å². The Balaban J connectivity index is -0.00000112. The van der Waals surface area contributed by atoms with E-state index in [1.54, 1.807) is 12.1 Å². The maximum absolute atomic E-state index is 10.5. The van der Waals surface area contributed by atoms with Crippen LogP contribution in [0.3, 0.4) is 0 Å². The van der Waals surface area contributed by atoms with Gasteiger partial charge in [-0.25, -0.2) is 0 Å². The van der Waals surface area contributed by atoms with Gasteiger partial charge in [-0.15, -0.1) is 0 Å². The summed E-state index contributed by atoms with van der Waals surface area (Å²) in [7, 11) is 0. The van der Waals surface area contributed by atoms with E-state index in [1.165, 1.54) is 0 Å². The fourth-order valence-corrected chi connectivity index (χ4v) is 0.946. The minimum atomic E-state index is -1.48. The van der Waals surface area contributed by atoms with Gasteiger partial charge in [-0.05, 0) is 12.8 Å². The zero-order chi connectivity index (χ0) is 12.6. The molecule has 1 atom stereocenters. The summed E-state index contributed by atoms with van der Waals surface area (Å²) in [5.74, 6) is -3.83. The summed E-state index contributed by atoms with van der Waals surface area (Å²) in [5.41, 5.74) is 0. The number of carboxylic acids is 2. The third-order valence-electron chi connectivity index (χ3n) is 1.80. The molecule has 0 bridgehead atoms. The number of nitrogens with zero attached hydrogens (tertiary/aromatic N) is 2. The molecule has 0 fully saturated rings. The molecule has 0 aromatic heterocycles. The van der Waals surface area contributed by atoms with Crippen molar-refractivity contribution in [3.8, 4) is 12.1 Å². The molecule has 0 aliphatic rings. The van der Waals surface area contributed by atoms with Crippen LogP contribution in [0.15, 0.2) is 0 Å². The molecule has 1 N–H and O–H groups in total. The third-order valence-corrected chi connectivity index (χ3v) is 1.80. The maximum atomic E-state index is 10.5. The van der Waals surface area contributed by atoms with Crippen molar-refractivity contribution in [3.05, 3.63) is 0 Å². The average Bonchev–Trinajstić information content (AvgIpc) is 2.22. The van der Waals surface area contributed by atoms with E-state index in [0.29, 0.717) is 0 Å². The fourth-order valence-electron chi connectivity index (χ4n) is 0.946. The van der Waals surface area contributed by atoms with E-state index in [1.807, 2.05) is 0 Å². The van der Waals surface area contributed by atoms with Crippen LogP contribution in [0.5, 0.6) is 0 Å². The number of aliphatic carboxylic acids is 2. The second-order valence-corrected chi connectivity index (χ2v) is 3.00. The van der Waals surface area contributed by atoms with Gasteiger partial charge in [0.2, 0.25) is 0 Å². The summed E-state index contributed by atoms with van der Waals surface area (Å²) in [6.45, 7) is -0.154. The Labute approximate surface area is 149 Å². The molecule has 0 radical (unpaired) electrons. The molecule has 7 nitrogen and oxygen atoms in total. The second-order valence-electron chi connectivity index (χ2n) is 3.00. The number of carboxylic acid groups (broad SMARTS) is 2. The topological polar surface area (TPSA) is 140 Å². The van der Waals surface area contributed by atoms with Crippen LogP contribution >= 0.6 is 0 Å². The van der Waals surface area contributed by atoms with Gasteiger partial charge in [0.1, 0.15) is 5.92 Å². The first-order valence-corrected chi connectivity index (χ1v) is 4.44. The third kappa shape index (κ3) is 11.0. The summed E-state index contributed by atoms with van der Waals surface area (Å²) in [6.07, 6.45) is -0.649. The molecule has 0 saturated heterocycles. The van der Waals surface area contributed by atoms with Crippen LogP contribution in [0.2, 0.25) is 0 Å². The number of carbonyl (C=O) groups excluding carboxylic acids is 2. The summed E-state index contributed by atoms with van der Waals surface area (Å²) < 4.78 is 0. The van der Waals surface area contributed by atoms with Crippen molar-refractivity contribution in [2.75, 3.05) is 6.54 Å². The van der Waals surface area contributed by atoms with Crippen molar-refractivity contribution in [1.82, 2.24) is 5.32 Å². The van der Waals surface area contributed by atoms with Gasteiger partial charge in [-0.2, -0.15) is 10.5 Å². The minimum absolute atomic E-state index is 0. The van der Waals surface area contributed by atoms with Crippen LogP contribution in [0.25, 0.3) is 0 Å². The first-order valence-electron chi connectivity index (χ1n) is 4.44. The van der Waals surface area contributed by atoms with Gasteiger partial charge in [0, 0.05) is 18.6 Å². The molecule has 0 spiro atoms. The monoisotopic (exact) mass is 269 g/mol. The van der Waals surface area contributed by atoms with Crippen molar-refractivity contribution >= 4 is 11.9 Å². The van der Waals surface area contributed by atoms with Gasteiger partial charge in [0.25, 0.3) is 0 Å². The standard InChI is InChI=1S/C9H11N3O4.2Na/c10-3-6(4-11)5-12-7(9(15)16)1-2-8(13)14;;/h6-7,12H,1-2,5H2,(H,13,14)(H,15,16);;/q;2*+1/p-2/t7-;;/m0../s1. The molecule has 0 rings (SSSR count). The first-order chi connectivity index (χ1) is 7.51. The number of nitriles is 2. The van der Waals surface area contributed by atoms with Crippen LogP contribution in [0.1, 0.15) is 12.8 Å². The Kier molecular flexibility index (Phi) is 17.0.